The zero-order chi connectivity index (χ0) is 14.6. The van der Waals surface area contributed by atoms with E-state index in [0.717, 1.165) is 25.1 Å². The molecule has 108 valence electrons. The number of aliphatic hydroxyl groups excluding tert-OH is 1. The van der Waals surface area contributed by atoms with Crippen molar-refractivity contribution >= 4 is 0 Å². The summed E-state index contributed by atoms with van der Waals surface area (Å²) in [6, 6.07) is 10.5. The van der Waals surface area contributed by atoms with E-state index in [1.165, 1.54) is 5.56 Å². The first-order valence-electron chi connectivity index (χ1n) is 7.11. The maximum atomic E-state index is 9.38. The van der Waals surface area contributed by atoms with Crippen molar-refractivity contribution in [3.63, 3.8) is 0 Å². The zero-order valence-electron chi connectivity index (χ0n) is 12.5. The Hall–Kier alpha value is -1.68. The Bertz CT molecular complexity index is 541. The number of rotatable bonds is 5. The fourth-order valence-electron chi connectivity index (χ4n) is 2.49. The predicted octanol–water partition coefficient (Wildman–Crippen LogP) is 2.70. The standard InChI is InChI=1S/C16H23N3O/c1-16(2,3)19-14(17-18-15(19)12-20)11-7-10-13-8-5-4-6-9-13/h4-6,8-9,20H,7,10-12H2,1-3H3. The van der Waals surface area contributed by atoms with Crippen molar-refractivity contribution in [1.82, 2.24) is 14.8 Å². The van der Waals surface area contributed by atoms with Crippen LogP contribution in [0.3, 0.4) is 0 Å². The summed E-state index contributed by atoms with van der Waals surface area (Å²) in [6.45, 7) is 6.26. The van der Waals surface area contributed by atoms with Crippen LogP contribution in [0.15, 0.2) is 30.3 Å². The van der Waals surface area contributed by atoms with Crippen LogP contribution in [-0.2, 0) is 25.0 Å². The molecule has 0 bridgehead atoms. The molecule has 0 aliphatic heterocycles. The van der Waals surface area contributed by atoms with E-state index >= 15 is 0 Å². The third kappa shape index (κ3) is 3.45. The van der Waals surface area contributed by atoms with Crippen molar-refractivity contribution < 1.29 is 5.11 Å². The van der Waals surface area contributed by atoms with Gasteiger partial charge in [0.2, 0.25) is 0 Å². The maximum Gasteiger partial charge on any atom is 0.159 e. The van der Waals surface area contributed by atoms with E-state index in [4.69, 9.17) is 0 Å². The summed E-state index contributed by atoms with van der Waals surface area (Å²) in [5, 5.41) is 17.7. The molecule has 0 aliphatic carbocycles. The number of aryl methyl sites for hydroxylation is 2. The van der Waals surface area contributed by atoms with E-state index in [0.29, 0.717) is 5.82 Å². The molecule has 0 aliphatic rings. The van der Waals surface area contributed by atoms with Crippen LogP contribution in [0, 0.1) is 0 Å². The monoisotopic (exact) mass is 273 g/mol. The van der Waals surface area contributed by atoms with Gasteiger partial charge in [0.1, 0.15) is 12.4 Å². The largest absolute Gasteiger partial charge is 0.388 e. The Morgan fingerprint density at radius 1 is 1.00 bits per heavy atom. The summed E-state index contributed by atoms with van der Waals surface area (Å²) in [5.74, 6) is 1.60. The fraction of sp³-hybridized carbons (Fsp3) is 0.500. The van der Waals surface area contributed by atoms with Crippen molar-refractivity contribution in [2.45, 2.75) is 52.2 Å². The second kappa shape index (κ2) is 6.18. The van der Waals surface area contributed by atoms with E-state index in [1.54, 1.807) is 0 Å². The molecule has 0 amide bonds. The van der Waals surface area contributed by atoms with E-state index in [-0.39, 0.29) is 12.1 Å². The molecule has 0 saturated heterocycles. The molecule has 0 spiro atoms. The van der Waals surface area contributed by atoms with Gasteiger partial charge in [0.15, 0.2) is 5.82 Å². The summed E-state index contributed by atoms with van der Waals surface area (Å²) >= 11 is 0. The van der Waals surface area contributed by atoms with Gasteiger partial charge in [0, 0.05) is 12.0 Å². The lowest BCUT2D eigenvalue weighted by molar-refractivity contribution is 0.247. The minimum absolute atomic E-state index is 0.0665. The maximum absolute atomic E-state index is 9.38. The van der Waals surface area contributed by atoms with Gasteiger partial charge in [-0.05, 0) is 39.2 Å². The van der Waals surface area contributed by atoms with Gasteiger partial charge in [0.05, 0.1) is 0 Å². The topological polar surface area (TPSA) is 50.9 Å². The number of nitrogens with zero attached hydrogens (tertiary/aromatic N) is 3. The Morgan fingerprint density at radius 3 is 2.25 bits per heavy atom. The molecule has 1 aromatic heterocycles. The average Bonchev–Trinajstić information content (AvgIpc) is 2.83. The highest BCUT2D eigenvalue weighted by Gasteiger charge is 2.22. The lowest BCUT2D eigenvalue weighted by atomic mass is 10.1. The first kappa shape index (κ1) is 14.7. The first-order chi connectivity index (χ1) is 9.52. The highest BCUT2D eigenvalue weighted by Crippen LogP contribution is 2.20. The lowest BCUT2D eigenvalue weighted by Gasteiger charge is -2.24. The minimum atomic E-state index is -0.107. The van der Waals surface area contributed by atoms with Gasteiger partial charge in [-0.3, -0.25) is 0 Å². The van der Waals surface area contributed by atoms with Gasteiger partial charge < -0.3 is 9.67 Å². The van der Waals surface area contributed by atoms with Gasteiger partial charge in [-0.1, -0.05) is 30.3 Å². The molecule has 0 radical (unpaired) electrons. The van der Waals surface area contributed by atoms with Gasteiger partial charge in [-0.15, -0.1) is 10.2 Å². The molecule has 0 unspecified atom stereocenters. The highest BCUT2D eigenvalue weighted by molar-refractivity contribution is 5.14. The van der Waals surface area contributed by atoms with E-state index < -0.39 is 0 Å². The Labute approximate surface area is 120 Å². The summed E-state index contributed by atoms with van der Waals surface area (Å²) in [6.07, 6.45) is 2.94. The minimum Gasteiger partial charge on any atom is -0.388 e. The second-order valence-electron chi connectivity index (χ2n) is 6.04. The van der Waals surface area contributed by atoms with Gasteiger partial charge in [-0.25, -0.2) is 0 Å². The summed E-state index contributed by atoms with van der Waals surface area (Å²) < 4.78 is 2.05. The molecule has 4 nitrogen and oxygen atoms in total. The molecule has 1 aromatic carbocycles. The van der Waals surface area contributed by atoms with E-state index in [9.17, 15) is 5.11 Å². The molecule has 0 saturated carbocycles. The van der Waals surface area contributed by atoms with Crippen LogP contribution in [-0.4, -0.2) is 19.9 Å². The van der Waals surface area contributed by atoms with E-state index in [1.807, 2.05) is 6.07 Å². The van der Waals surface area contributed by atoms with Gasteiger partial charge in [0.25, 0.3) is 0 Å². The number of hydrogen-bond acceptors (Lipinski definition) is 3. The molecule has 2 rings (SSSR count). The van der Waals surface area contributed by atoms with Crippen LogP contribution in [0.25, 0.3) is 0 Å². The van der Waals surface area contributed by atoms with Crippen molar-refractivity contribution in [3.8, 4) is 0 Å². The van der Waals surface area contributed by atoms with Crippen LogP contribution in [0.5, 0.6) is 0 Å². The fourth-order valence-corrected chi connectivity index (χ4v) is 2.49. The molecule has 4 heteroatoms. The van der Waals surface area contributed by atoms with Crippen molar-refractivity contribution in [2.24, 2.45) is 0 Å². The smallest absolute Gasteiger partial charge is 0.159 e. The Morgan fingerprint density at radius 2 is 1.65 bits per heavy atom. The molecule has 0 atom stereocenters. The first-order valence-corrected chi connectivity index (χ1v) is 7.11. The number of aromatic nitrogens is 3. The molecule has 0 fully saturated rings. The van der Waals surface area contributed by atoms with Gasteiger partial charge in [-0.2, -0.15) is 0 Å². The van der Waals surface area contributed by atoms with Crippen LogP contribution in [0.2, 0.25) is 0 Å². The third-order valence-corrected chi connectivity index (χ3v) is 3.32. The lowest BCUT2D eigenvalue weighted by Crippen LogP contribution is -2.26. The Balaban J connectivity index is 2.05. The Kier molecular flexibility index (Phi) is 4.55. The van der Waals surface area contributed by atoms with Crippen LogP contribution < -0.4 is 0 Å². The highest BCUT2D eigenvalue weighted by atomic mass is 16.3. The quantitative estimate of drug-likeness (QED) is 0.911. The van der Waals surface area contributed by atoms with Crippen molar-refractivity contribution in [1.29, 1.82) is 0 Å². The SMILES string of the molecule is CC(C)(C)n1c(CO)nnc1CCCc1ccccc1. The zero-order valence-corrected chi connectivity index (χ0v) is 12.5. The molecular formula is C16H23N3O. The van der Waals surface area contributed by atoms with Crippen LogP contribution in [0.4, 0.5) is 0 Å². The molecule has 2 aromatic rings. The van der Waals surface area contributed by atoms with Crippen LogP contribution in [0.1, 0.15) is 44.4 Å². The number of benzene rings is 1. The molecule has 1 heterocycles. The van der Waals surface area contributed by atoms with Crippen LogP contribution >= 0.6 is 0 Å². The molecule has 1 N–H and O–H groups in total. The normalized spacial score (nSPS) is 11.8. The molecule has 20 heavy (non-hydrogen) atoms. The number of aliphatic hydroxyl groups is 1. The van der Waals surface area contributed by atoms with Gasteiger partial charge >= 0.3 is 0 Å². The van der Waals surface area contributed by atoms with Crippen molar-refractivity contribution in [3.05, 3.63) is 47.5 Å². The molecular weight excluding hydrogens is 250 g/mol. The summed E-state index contributed by atoms with van der Waals surface area (Å²) in [5.41, 5.74) is 1.24. The van der Waals surface area contributed by atoms with Crippen molar-refractivity contribution in [2.75, 3.05) is 0 Å². The predicted molar refractivity (Wildman–Crippen MR) is 79.4 cm³/mol. The third-order valence-electron chi connectivity index (χ3n) is 3.32. The number of hydrogen-bond donors (Lipinski definition) is 1. The van der Waals surface area contributed by atoms with E-state index in [2.05, 4.69) is 59.8 Å². The summed E-state index contributed by atoms with van der Waals surface area (Å²) in [4.78, 5) is 0. The summed E-state index contributed by atoms with van der Waals surface area (Å²) in [7, 11) is 0. The second-order valence-corrected chi connectivity index (χ2v) is 6.04. The average molecular weight is 273 g/mol.